The highest BCUT2D eigenvalue weighted by Crippen LogP contribution is 2.24. The summed E-state index contributed by atoms with van der Waals surface area (Å²) in [5, 5.41) is 0.890. The second kappa shape index (κ2) is 6.50. The number of pyridine rings is 1. The molecule has 0 saturated carbocycles. The van der Waals surface area contributed by atoms with Crippen molar-refractivity contribution in [3.63, 3.8) is 0 Å². The molecule has 0 aliphatic carbocycles. The smallest absolute Gasteiger partial charge is 0.306 e. The highest BCUT2D eigenvalue weighted by atomic mass is 32.2. The SMILES string of the molecule is COC(=O)CCSc1ncccc1C(C)N. The highest BCUT2D eigenvalue weighted by molar-refractivity contribution is 7.99. The van der Waals surface area contributed by atoms with Crippen LogP contribution in [0.5, 0.6) is 0 Å². The Bertz CT molecular complexity index is 356. The van der Waals surface area contributed by atoms with Crippen LogP contribution in [-0.4, -0.2) is 23.8 Å². The third-order valence-corrected chi connectivity index (χ3v) is 3.09. The lowest BCUT2D eigenvalue weighted by Crippen LogP contribution is -2.08. The van der Waals surface area contributed by atoms with Crippen molar-refractivity contribution < 1.29 is 9.53 Å². The maximum Gasteiger partial charge on any atom is 0.306 e. The van der Waals surface area contributed by atoms with E-state index in [0.717, 1.165) is 10.6 Å². The number of hydrogen-bond acceptors (Lipinski definition) is 5. The number of hydrogen-bond donors (Lipinski definition) is 1. The Morgan fingerprint density at radius 2 is 2.44 bits per heavy atom. The molecule has 0 aromatic carbocycles. The van der Waals surface area contributed by atoms with Gasteiger partial charge in [-0.3, -0.25) is 4.79 Å². The molecule has 88 valence electrons. The molecule has 0 amide bonds. The fraction of sp³-hybridized carbons (Fsp3) is 0.455. The number of nitrogens with zero attached hydrogens (tertiary/aromatic N) is 1. The Kier molecular flexibility index (Phi) is 5.28. The molecule has 0 fully saturated rings. The zero-order valence-electron chi connectivity index (χ0n) is 9.47. The Morgan fingerprint density at radius 3 is 3.06 bits per heavy atom. The van der Waals surface area contributed by atoms with Gasteiger partial charge < -0.3 is 10.5 Å². The quantitative estimate of drug-likeness (QED) is 0.627. The number of thioether (sulfide) groups is 1. The third-order valence-electron chi connectivity index (χ3n) is 2.06. The molecule has 0 bridgehead atoms. The number of esters is 1. The van der Waals surface area contributed by atoms with Crippen LogP contribution in [-0.2, 0) is 9.53 Å². The van der Waals surface area contributed by atoms with E-state index in [0.29, 0.717) is 12.2 Å². The largest absolute Gasteiger partial charge is 0.469 e. The maximum absolute atomic E-state index is 10.9. The molecular formula is C11H16N2O2S. The van der Waals surface area contributed by atoms with Gasteiger partial charge in [-0.2, -0.15) is 0 Å². The molecule has 0 saturated heterocycles. The van der Waals surface area contributed by atoms with Gasteiger partial charge in [-0.05, 0) is 13.0 Å². The fourth-order valence-corrected chi connectivity index (χ4v) is 2.22. The standard InChI is InChI=1S/C11H16N2O2S/c1-8(12)9-4-3-6-13-11(9)16-7-5-10(14)15-2/h3-4,6,8H,5,7,12H2,1-2H3. The molecule has 5 heteroatoms. The van der Waals surface area contributed by atoms with Crippen LogP contribution in [0.2, 0.25) is 0 Å². The summed E-state index contributed by atoms with van der Waals surface area (Å²) < 4.78 is 4.57. The van der Waals surface area contributed by atoms with Gasteiger partial charge in [-0.15, -0.1) is 11.8 Å². The Balaban J connectivity index is 2.56. The lowest BCUT2D eigenvalue weighted by Gasteiger charge is -2.10. The first kappa shape index (κ1) is 13.0. The molecule has 1 heterocycles. The first-order chi connectivity index (χ1) is 7.65. The number of carbonyl (C=O) groups excluding carboxylic acids is 1. The predicted octanol–water partition coefficient (Wildman–Crippen LogP) is 1.76. The fourth-order valence-electron chi connectivity index (χ4n) is 1.20. The van der Waals surface area contributed by atoms with Crippen LogP contribution in [0.1, 0.15) is 24.9 Å². The maximum atomic E-state index is 10.9. The number of carbonyl (C=O) groups is 1. The number of methoxy groups -OCH3 is 1. The van der Waals surface area contributed by atoms with Crippen molar-refractivity contribution in [2.24, 2.45) is 5.73 Å². The average molecular weight is 240 g/mol. The normalized spacial score (nSPS) is 12.2. The molecule has 2 N–H and O–H groups in total. The number of aromatic nitrogens is 1. The van der Waals surface area contributed by atoms with Crippen LogP contribution in [0.15, 0.2) is 23.4 Å². The topological polar surface area (TPSA) is 65.2 Å². The van der Waals surface area contributed by atoms with Crippen LogP contribution in [0.25, 0.3) is 0 Å². The van der Waals surface area contributed by atoms with E-state index < -0.39 is 0 Å². The van der Waals surface area contributed by atoms with Crippen molar-refractivity contribution in [1.82, 2.24) is 4.98 Å². The first-order valence-electron chi connectivity index (χ1n) is 5.05. The Morgan fingerprint density at radius 1 is 1.69 bits per heavy atom. The summed E-state index contributed by atoms with van der Waals surface area (Å²) in [6.07, 6.45) is 2.11. The molecule has 4 nitrogen and oxygen atoms in total. The monoisotopic (exact) mass is 240 g/mol. The summed E-state index contributed by atoms with van der Waals surface area (Å²) in [4.78, 5) is 15.2. The van der Waals surface area contributed by atoms with E-state index >= 15 is 0 Å². The van der Waals surface area contributed by atoms with Gasteiger partial charge in [0.1, 0.15) is 5.03 Å². The minimum absolute atomic E-state index is 0.0469. The number of ether oxygens (including phenoxy) is 1. The van der Waals surface area contributed by atoms with Crippen molar-refractivity contribution in [3.05, 3.63) is 23.9 Å². The summed E-state index contributed by atoms with van der Waals surface area (Å²) in [7, 11) is 1.39. The lowest BCUT2D eigenvalue weighted by molar-refractivity contribution is -0.140. The molecular weight excluding hydrogens is 224 g/mol. The Labute approximate surface area is 99.6 Å². The van der Waals surface area contributed by atoms with Crippen LogP contribution < -0.4 is 5.73 Å². The van der Waals surface area contributed by atoms with Gasteiger partial charge >= 0.3 is 5.97 Å². The molecule has 16 heavy (non-hydrogen) atoms. The van der Waals surface area contributed by atoms with E-state index in [9.17, 15) is 4.79 Å². The molecule has 0 aliphatic heterocycles. The minimum Gasteiger partial charge on any atom is -0.469 e. The second-order valence-corrected chi connectivity index (χ2v) is 4.44. The summed E-state index contributed by atoms with van der Waals surface area (Å²) in [5.74, 6) is 0.453. The summed E-state index contributed by atoms with van der Waals surface area (Å²) >= 11 is 1.53. The van der Waals surface area contributed by atoms with E-state index in [2.05, 4.69) is 9.72 Å². The molecule has 1 unspecified atom stereocenters. The third kappa shape index (κ3) is 3.83. The molecule has 0 aliphatic rings. The zero-order valence-corrected chi connectivity index (χ0v) is 10.3. The summed E-state index contributed by atoms with van der Waals surface area (Å²) in [6, 6.07) is 3.77. The molecule has 1 atom stereocenters. The van der Waals surface area contributed by atoms with E-state index in [1.807, 2.05) is 19.1 Å². The van der Waals surface area contributed by atoms with Gasteiger partial charge in [-0.25, -0.2) is 4.98 Å². The van der Waals surface area contributed by atoms with Gasteiger partial charge in [0.2, 0.25) is 0 Å². The highest BCUT2D eigenvalue weighted by Gasteiger charge is 2.09. The van der Waals surface area contributed by atoms with E-state index in [-0.39, 0.29) is 12.0 Å². The second-order valence-electron chi connectivity index (χ2n) is 3.36. The lowest BCUT2D eigenvalue weighted by atomic mass is 10.2. The van der Waals surface area contributed by atoms with Crippen LogP contribution in [0.3, 0.4) is 0 Å². The van der Waals surface area contributed by atoms with Gasteiger partial charge in [0, 0.05) is 23.6 Å². The number of nitrogens with two attached hydrogens (primary N) is 1. The van der Waals surface area contributed by atoms with Gasteiger partial charge in [0.15, 0.2) is 0 Å². The first-order valence-corrected chi connectivity index (χ1v) is 6.03. The minimum atomic E-state index is -0.203. The van der Waals surface area contributed by atoms with Gasteiger partial charge in [-0.1, -0.05) is 6.07 Å². The van der Waals surface area contributed by atoms with Crippen LogP contribution >= 0.6 is 11.8 Å². The molecule has 1 aromatic rings. The van der Waals surface area contributed by atoms with Gasteiger partial charge in [0.05, 0.1) is 13.5 Å². The summed E-state index contributed by atoms with van der Waals surface area (Å²) in [5.41, 5.74) is 6.84. The van der Waals surface area contributed by atoms with Crippen molar-refractivity contribution in [1.29, 1.82) is 0 Å². The van der Waals surface area contributed by atoms with Crippen molar-refractivity contribution in [2.45, 2.75) is 24.4 Å². The van der Waals surface area contributed by atoms with Crippen LogP contribution in [0, 0.1) is 0 Å². The van der Waals surface area contributed by atoms with Crippen molar-refractivity contribution >= 4 is 17.7 Å². The van der Waals surface area contributed by atoms with Gasteiger partial charge in [0.25, 0.3) is 0 Å². The average Bonchev–Trinajstić information content (AvgIpc) is 2.29. The van der Waals surface area contributed by atoms with Crippen LogP contribution in [0.4, 0.5) is 0 Å². The summed E-state index contributed by atoms with van der Waals surface area (Å²) in [6.45, 7) is 1.92. The zero-order chi connectivity index (χ0) is 12.0. The molecule has 0 spiro atoms. The molecule has 1 rings (SSSR count). The molecule has 1 aromatic heterocycles. The molecule has 0 radical (unpaired) electrons. The predicted molar refractivity (Wildman–Crippen MR) is 64.2 cm³/mol. The van der Waals surface area contributed by atoms with Crippen molar-refractivity contribution in [3.8, 4) is 0 Å². The van der Waals surface area contributed by atoms with E-state index in [4.69, 9.17) is 5.73 Å². The van der Waals surface area contributed by atoms with E-state index in [1.54, 1.807) is 6.20 Å². The van der Waals surface area contributed by atoms with Crippen molar-refractivity contribution in [2.75, 3.05) is 12.9 Å². The number of rotatable bonds is 5. The van der Waals surface area contributed by atoms with E-state index in [1.165, 1.54) is 18.9 Å². The Hall–Kier alpha value is -1.07.